The second-order valence-corrected chi connectivity index (χ2v) is 4.36. The third kappa shape index (κ3) is 2.50. The minimum Gasteiger partial charge on any atom is -0.329 e. The van der Waals surface area contributed by atoms with Gasteiger partial charge in [-0.3, -0.25) is 4.79 Å². The first-order valence-electron chi connectivity index (χ1n) is 6.06. The molecule has 1 aliphatic rings. The fourth-order valence-electron chi connectivity index (χ4n) is 2.22. The van der Waals surface area contributed by atoms with E-state index >= 15 is 0 Å². The van der Waals surface area contributed by atoms with E-state index < -0.39 is 0 Å². The summed E-state index contributed by atoms with van der Waals surface area (Å²) in [6, 6.07) is 0. The minimum atomic E-state index is 0.179. The highest BCUT2D eigenvalue weighted by molar-refractivity contribution is 5.92. The van der Waals surface area contributed by atoms with Gasteiger partial charge in [-0.2, -0.15) is 0 Å². The van der Waals surface area contributed by atoms with Crippen LogP contribution in [0.4, 0.5) is 0 Å². The van der Waals surface area contributed by atoms with E-state index in [-0.39, 0.29) is 5.78 Å². The lowest BCUT2D eigenvalue weighted by Crippen LogP contribution is -2.13. The molecule has 0 aromatic carbocycles. The molecule has 1 N–H and O–H groups in total. The van der Waals surface area contributed by atoms with Crippen LogP contribution in [0.2, 0.25) is 0 Å². The molecule has 0 bridgehead atoms. The predicted octanol–water partition coefficient (Wildman–Crippen LogP) is 1.48. The Morgan fingerprint density at radius 2 is 2.56 bits per heavy atom. The maximum Gasteiger partial charge on any atom is 0.198 e. The minimum absolute atomic E-state index is 0.179. The fourth-order valence-corrected chi connectivity index (χ4v) is 2.22. The van der Waals surface area contributed by atoms with E-state index in [1.54, 1.807) is 6.20 Å². The van der Waals surface area contributed by atoms with Crippen molar-refractivity contribution in [2.24, 2.45) is 5.92 Å². The van der Waals surface area contributed by atoms with Gasteiger partial charge in [-0.25, -0.2) is 4.98 Å². The zero-order valence-electron chi connectivity index (χ0n) is 9.78. The van der Waals surface area contributed by atoms with Crippen molar-refractivity contribution in [2.75, 3.05) is 13.1 Å². The van der Waals surface area contributed by atoms with E-state index in [4.69, 9.17) is 0 Å². The summed E-state index contributed by atoms with van der Waals surface area (Å²) in [5, 5.41) is 3.32. The third-order valence-corrected chi connectivity index (χ3v) is 3.25. The lowest BCUT2D eigenvalue weighted by atomic mass is 10.0. The third-order valence-electron chi connectivity index (χ3n) is 3.25. The molecule has 4 heteroatoms. The van der Waals surface area contributed by atoms with Gasteiger partial charge < -0.3 is 9.88 Å². The molecule has 0 amide bonds. The Morgan fingerprint density at radius 3 is 3.25 bits per heavy atom. The number of nitrogens with one attached hydrogen (secondary N) is 1. The van der Waals surface area contributed by atoms with Crippen LogP contribution in [0.5, 0.6) is 0 Å². The van der Waals surface area contributed by atoms with Crippen molar-refractivity contribution in [1.82, 2.24) is 14.9 Å². The molecule has 1 saturated heterocycles. The van der Waals surface area contributed by atoms with Crippen LogP contribution >= 0.6 is 0 Å². The average molecular weight is 221 g/mol. The van der Waals surface area contributed by atoms with E-state index in [1.165, 1.54) is 6.42 Å². The Bertz CT molecular complexity index is 353. The van der Waals surface area contributed by atoms with Crippen LogP contribution in [-0.2, 0) is 6.54 Å². The standard InChI is InChI=1S/C12H19N3O/c1-2-15-8-7-14-12(15)11(16)4-3-10-5-6-13-9-10/h7-8,10,13H,2-6,9H2,1H3. The molecule has 0 aliphatic carbocycles. The summed E-state index contributed by atoms with van der Waals surface area (Å²) in [7, 11) is 0. The largest absolute Gasteiger partial charge is 0.329 e. The molecule has 2 heterocycles. The predicted molar refractivity (Wildman–Crippen MR) is 62.4 cm³/mol. The molecule has 2 rings (SSSR count). The van der Waals surface area contributed by atoms with E-state index in [2.05, 4.69) is 10.3 Å². The van der Waals surface area contributed by atoms with Crippen molar-refractivity contribution in [3.63, 3.8) is 0 Å². The van der Waals surface area contributed by atoms with Crippen LogP contribution in [-0.4, -0.2) is 28.4 Å². The second kappa shape index (κ2) is 5.25. The number of carbonyl (C=O) groups is 1. The summed E-state index contributed by atoms with van der Waals surface area (Å²) in [5.41, 5.74) is 0. The highest BCUT2D eigenvalue weighted by Crippen LogP contribution is 2.16. The number of rotatable bonds is 5. The Kier molecular flexibility index (Phi) is 3.72. The molecular weight excluding hydrogens is 202 g/mol. The lowest BCUT2D eigenvalue weighted by Gasteiger charge is -2.07. The first-order valence-corrected chi connectivity index (χ1v) is 6.06. The summed E-state index contributed by atoms with van der Waals surface area (Å²) in [4.78, 5) is 16.1. The van der Waals surface area contributed by atoms with Gasteiger partial charge in [0.05, 0.1) is 0 Å². The molecule has 1 aromatic rings. The quantitative estimate of drug-likeness (QED) is 0.766. The van der Waals surface area contributed by atoms with Gasteiger partial charge in [-0.1, -0.05) is 0 Å². The number of Topliss-reactive ketones (excluding diaryl/α,β-unsaturated/α-hetero) is 1. The molecule has 16 heavy (non-hydrogen) atoms. The Labute approximate surface area is 96.1 Å². The van der Waals surface area contributed by atoms with Gasteiger partial charge in [0.1, 0.15) is 0 Å². The summed E-state index contributed by atoms with van der Waals surface area (Å²) in [6.07, 6.45) is 6.39. The molecule has 1 fully saturated rings. The molecule has 1 aliphatic heterocycles. The molecular formula is C12H19N3O. The Hall–Kier alpha value is -1.16. The van der Waals surface area contributed by atoms with Gasteiger partial charge in [0.15, 0.2) is 11.6 Å². The zero-order chi connectivity index (χ0) is 11.4. The van der Waals surface area contributed by atoms with Crippen LogP contribution in [0, 0.1) is 5.92 Å². The summed E-state index contributed by atoms with van der Waals surface area (Å²) < 4.78 is 1.91. The van der Waals surface area contributed by atoms with Gasteiger partial charge >= 0.3 is 0 Å². The van der Waals surface area contributed by atoms with Crippen LogP contribution in [0.15, 0.2) is 12.4 Å². The molecule has 4 nitrogen and oxygen atoms in total. The van der Waals surface area contributed by atoms with Gasteiger partial charge in [0.25, 0.3) is 0 Å². The van der Waals surface area contributed by atoms with Crippen molar-refractivity contribution < 1.29 is 4.79 Å². The second-order valence-electron chi connectivity index (χ2n) is 4.36. The fraction of sp³-hybridized carbons (Fsp3) is 0.667. The average Bonchev–Trinajstić information content (AvgIpc) is 2.96. The van der Waals surface area contributed by atoms with Crippen LogP contribution in [0.1, 0.15) is 36.8 Å². The SMILES string of the molecule is CCn1ccnc1C(=O)CCC1CCNC1. The molecule has 1 aromatic heterocycles. The van der Waals surface area contributed by atoms with E-state index in [9.17, 15) is 4.79 Å². The monoisotopic (exact) mass is 221 g/mol. The number of hydrogen-bond donors (Lipinski definition) is 1. The number of nitrogens with zero attached hydrogens (tertiary/aromatic N) is 2. The number of carbonyl (C=O) groups excluding carboxylic acids is 1. The van der Waals surface area contributed by atoms with Crippen molar-refractivity contribution >= 4 is 5.78 Å². The Balaban J connectivity index is 1.87. The molecule has 1 unspecified atom stereocenters. The highest BCUT2D eigenvalue weighted by atomic mass is 16.1. The van der Waals surface area contributed by atoms with Crippen molar-refractivity contribution in [3.05, 3.63) is 18.2 Å². The number of imidazole rings is 1. The molecule has 0 spiro atoms. The molecule has 88 valence electrons. The summed E-state index contributed by atoms with van der Waals surface area (Å²) in [6.45, 7) is 5.00. The zero-order valence-corrected chi connectivity index (χ0v) is 9.78. The number of aromatic nitrogens is 2. The maximum atomic E-state index is 11.9. The van der Waals surface area contributed by atoms with Gasteiger partial charge in [0.2, 0.25) is 0 Å². The Morgan fingerprint density at radius 1 is 1.69 bits per heavy atom. The summed E-state index contributed by atoms with van der Waals surface area (Å²) in [5.74, 6) is 1.47. The maximum absolute atomic E-state index is 11.9. The summed E-state index contributed by atoms with van der Waals surface area (Å²) >= 11 is 0. The number of hydrogen-bond acceptors (Lipinski definition) is 3. The van der Waals surface area contributed by atoms with Crippen molar-refractivity contribution in [2.45, 2.75) is 32.7 Å². The smallest absolute Gasteiger partial charge is 0.198 e. The van der Waals surface area contributed by atoms with Gasteiger partial charge in [-0.15, -0.1) is 0 Å². The number of aryl methyl sites for hydroxylation is 1. The first-order chi connectivity index (χ1) is 7.81. The van der Waals surface area contributed by atoms with Crippen LogP contribution < -0.4 is 5.32 Å². The van der Waals surface area contributed by atoms with Crippen LogP contribution in [0.25, 0.3) is 0 Å². The number of ketones is 1. The highest BCUT2D eigenvalue weighted by Gasteiger charge is 2.18. The molecule has 1 atom stereocenters. The van der Waals surface area contributed by atoms with Gasteiger partial charge in [0, 0.05) is 25.4 Å². The van der Waals surface area contributed by atoms with Gasteiger partial charge in [-0.05, 0) is 38.8 Å². The van der Waals surface area contributed by atoms with Crippen molar-refractivity contribution in [3.8, 4) is 0 Å². The van der Waals surface area contributed by atoms with E-state index in [0.717, 1.165) is 26.1 Å². The van der Waals surface area contributed by atoms with E-state index in [1.807, 2.05) is 17.7 Å². The van der Waals surface area contributed by atoms with Crippen molar-refractivity contribution in [1.29, 1.82) is 0 Å². The molecule has 0 saturated carbocycles. The van der Waals surface area contributed by atoms with Crippen LogP contribution in [0.3, 0.4) is 0 Å². The van der Waals surface area contributed by atoms with E-state index in [0.29, 0.717) is 18.2 Å². The lowest BCUT2D eigenvalue weighted by molar-refractivity contribution is 0.0960. The first kappa shape index (κ1) is 11.3. The normalized spacial score (nSPS) is 20.2. The topological polar surface area (TPSA) is 46.9 Å². The molecule has 0 radical (unpaired) electrons.